The van der Waals surface area contributed by atoms with Crippen LogP contribution in [0.4, 0.5) is 5.69 Å². The van der Waals surface area contributed by atoms with Crippen molar-refractivity contribution >= 4 is 46.6 Å². The molecular weight excluding hydrogens is 606 g/mol. The minimum absolute atomic E-state index is 0.0152. The van der Waals surface area contributed by atoms with Crippen LogP contribution in [0, 0.1) is 17.8 Å². The molecular formula is C37H40ClNO5S. The van der Waals surface area contributed by atoms with Gasteiger partial charge in [0.15, 0.2) is 11.6 Å². The van der Waals surface area contributed by atoms with Crippen molar-refractivity contribution in [3.63, 3.8) is 0 Å². The number of rotatable bonds is 9. The average molecular weight is 646 g/mol. The number of nitrogens with two attached hydrogens (primary N) is 1. The van der Waals surface area contributed by atoms with Crippen molar-refractivity contribution in [3.8, 4) is 0 Å². The molecule has 0 heterocycles. The van der Waals surface area contributed by atoms with Crippen LogP contribution in [0.2, 0.25) is 5.02 Å². The van der Waals surface area contributed by atoms with Gasteiger partial charge in [-0.25, -0.2) is 4.79 Å². The van der Waals surface area contributed by atoms with E-state index in [1.165, 1.54) is 11.8 Å². The van der Waals surface area contributed by atoms with Crippen molar-refractivity contribution < 1.29 is 23.9 Å². The first-order valence-corrected chi connectivity index (χ1v) is 17.4. The molecule has 6 nitrogen and oxygen atoms in total. The van der Waals surface area contributed by atoms with Gasteiger partial charge < -0.3 is 15.2 Å². The molecule has 3 aliphatic rings. The number of hydrogen-bond acceptors (Lipinski definition) is 7. The van der Waals surface area contributed by atoms with Crippen LogP contribution in [0.1, 0.15) is 100 Å². The molecule has 0 radical (unpaired) electrons. The molecule has 2 N–H and O–H groups in total. The van der Waals surface area contributed by atoms with Crippen LogP contribution in [-0.2, 0) is 15.9 Å². The Balaban J connectivity index is 1.22. The average Bonchev–Trinajstić information content (AvgIpc) is 3.03. The smallest absolute Gasteiger partial charge is 0.340 e. The van der Waals surface area contributed by atoms with E-state index in [4.69, 9.17) is 26.8 Å². The van der Waals surface area contributed by atoms with Gasteiger partial charge in [-0.15, -0.1) is 11.8 Å². The van der Waals surface area contributed by atoms with Crippen molar-refractivity contribution in [1.29, 1.82) is 0 Å². The van der Waals surface area contributed by atoms with Crippen LogP contribution in [0.3, 0.4) is 0 Å². The monoisotopic (exact) mass is 645 g/mol. The van der Waals surface area contributed by atoms with Crippen LogP contribution in [0.15, 0.2) is 59.5 Å². The van der Waals surface area contributed by atoms with E-state index < -0.39 is 5.97 Å². The zero-order valence-corrected chi connectivity index (χ0v) is 27.4. The van der Waals surface area contributed by atoms with Crippen LogP contribution in [0.5, 0.6) is 0 Å². The summed E-state index contributed by atoms with van der Waals surface area (Å²) in [4.78, 5) is 41.9. The quantitative estimate of drug-likeness (QED) is 0.111. The van der Waals surface area contributed by atoms with Crippen molar-refractivity contribution in [1.82, 2.24) is 0 Å². The first kappa shape index (κ1) is 31.8. The molecule has 45 heavy (non-hydrogen) atoms. The molecule has 0 amide bonds. The highest BCUT2D eigenvalue weighted by Crippen LogP contribution is 2.43. The molecule has 236 valence electrons. The summed E-state index contributed by atoms with van der Waals surface area (Å²) >= 11 is 7.49. The maximum Gasteiger partial charge on any atom is 0.340 e. The minimum Gasteiger partial charge on any atom is -0.459 e. The summed E-state index contributed by atoms with van der Waals surface area (Å²) in [6, 6.07) is 16.1. The van der Waals surface area contributed by atoms with Gasteiger partial charge in [0.05, 0.1) is 22.9 Å². The van der Waals surface area contributed by atoms with Crippen LogP contribution < -0.4 is 5.73 Å². The predicted molar refractivity (Wildman–Crippen MR) is 179 cm³/mol. The van der Waals surface area contributed by atoms with Gasteiger partial charge in [-0.05, 0) is 86.5 Å². The second kappa shape index (κ2) is 13.7. The first-order chi connectivity index (χ1) is 21.7. The SMILES string of the molecule is CC(C)COC1CCC2C[C@H](OC(=O)c3cc(SCCc4ccc(Cl)cc4)c4c(c3N)C(=O)c3ccccc3C4=O)CC[C@@H]2C1. The van der Waals surface area contributed by atoms with Gasteiger partial charge in [0.2, 0.25) is 0 Å². The molecule has 0 saturated heterocycles. The fourth-order valence-electron chi connectivity index (χ4n) is 7.10. The van der Waals surface area contributed by atoms with E-state index in [1.54, 1.807) is 30.3 Å². The molecule has 6 rings (SSSR count). The number of carbonyl (C=O) groups is 3. The predicted octanol–water partition coefficient (Wildman–Crippen LogP) is 8.20. The number of esters is 1. The minimum atomic E-state index is -0.536. The maximum absolute atomic E-state index is 13.8. The lowest BCUT2D eigenvalue weighted by atomic mass is 9.69. The summed E-state index contributed by atoms with van der Waals surface area (Å²) in [6.45, 7) is 5.15. The zero-order valence-electron chi connectivity index (χ0n) is 25.9. The zero-order chi connectivity index (χ0) is 31.7. The lowest BCUT2D eigenvalue weighted by Gasteiger charge is -2.41. The normalized spacial score (nSPS) is 22.5. The Labute approximate surface area is 274 Å². The molecule has 2 fully saturated rings. The van der Waals surface area contributed by atoms with E-state index in [0.717, 1.165) is 50.7 Å². The fraction of sp³-hybridized carbons (Fsp3) is 0.432. The molecule has 4 atom stereocenters. The molecule has 2 unspecified atom stereocenters. The molecule has 3 aromatic carbocycles. The Morgan fingerprint density at radius 3 is 2.20 bits per heavy atom. The number of anilines is 1. The van der Waals surface area contributed by atoms with Crippen molar-refractivity contribution in [2.75, 3.05) is 18.1 Å². The number of aryl methyl sites for hydroxylation is 1. The van der Waals surface area contributed by atoms with E-state index in [2.05, 4.69) is 13.8 Å². The number of benzene rings is 3. The van der Waals surface area contributed by atoms with Crippen molar-refractivity contribution in [3.05, 3.63) is 93.0 Å². The molecule has 0 bridgehead atoms. The van der Waals surface area contributed by atoms with E-state index >= 15 is 0 Å². The van der Waals surface area contributed by atoms with Crippen LogP contribution in [0.25, 0.3) is 0 Å². The highest BCUT2D eigenvalue weighted by atomic mass is 35.5. The summed E-state index contributed by atoms with van der Waals surface area (Å²) in [6.07, 6.45) is 6.64. The Morgan fingerprint density at radius 1 is 0.911 bits per heavy atom. The lowest BCUT2D eigenvalue weighted by molar-refractivity contribution is -0.0454. The molecule has 0 aromatic heterocycles. The second-order valence-corrected chi connectivity index (χ2v) is 14.6. The number of thioether (sulfide) groups is 1. The maximum atomic E-state index is 13.8. The van der Waals surface area contributed by atoms with Gasteiger partial charge in [-0.2, -0.15) is 0 Å². The van der Waals surface area contributed by atoms with E-state index in [9.17, 15) is 14.4 Å². The third-order valence-electron chi connectivity index (χ3n) is 9.44. The summed E-state index contributed by atoms with van der Waals surface area (Å²) in [7, 11) is 0. The highest BCUT2D eigenvalue weighted by Gasteiger charge is 2.39. The van der Waals surface area contributed by atoms with Gasteiger partial charge in [0, 0.05) is 39.0 Å². The lowest BCUT2D eigenvalue weighted by Crippen LogP contribution is -2.37. The summed E-state index contributed by atoms with van der Waals surface area (Å²) in [5, 5.41) is 0.668. The van der Waals surface area contributed by atoms with Crippen molar-refractivity contribution in [2.45, 2.75) is 75.9 Å². The molecule has 2 saturated carbocycles. The third kappa shape index (κ3) is 6.86. The van der Waals surface area contributed by atoms with Crippen LogP contribution in [-0.4, -0.2) is 42.1 Å². The third-order valence-corrected chi connectivity index (χ3v) is 10.7. The van der Waals surface area contributed by atoms with Gasteiger partial charge >= 0.3 is 5.97 Å². The Bertz CT molecular complexity index is 1600. The molecule has 0 spiro atoms. The largest absolute Gasteiger partial charge is 0.459 e. The number of hydrogen-bond donors (Lipinski definition) is 1. The molecule has 0 aliphatic heterocycles. The van der Waals surface area contributed by atoms with Gasteiger partial charge in [0.25, 0.3) is 0 Å². The molecule has 8 heteroatoms. The van der Waals surface area contributed by atoms with Crippen molar-refractivity contribution in [2.24, 2.45) is 17.8 Å². The van der Waals surface area contributed by atoms with E-state index in [-0.39, 0.29) is 40.0 Å². The Morgan fingerprint density at radius 2 is 1.53 bits per heavy atom. The standard InChI is InChI=1S/C37H40ClNO5S/c1-21(2)20-43-26-13-9-24-18-27(14-10-23(24)17-26)44-37(42)30-19-31(45-16-15-22-7-11-25(38)12-8-22)32-33(34(30)39)36(41)29-6-4-3-5-28(29)35(32)40/h3-8,11-12,19,21,23-24,26-27H,9-10,13-18,20,39H2,1-2H3/t23-,24?,26?,27-/m1/s1. The Kier molecular flexibility index (Phi) is 9.69. The summed E-state index contributed by atoms with van der Waals surface area (Å²) in [5.74, 6) is 1.11. The number of nitrogen functional groups attached to an aromatic ring is 1. The van der Waals surface area contributed by atoms with Gasteiger partial charge in [0.1, 0.15) is 6.10 Å². The van der Waals surface area contributed by atoms with E-state index in [1.807, 2.05) is 24.3 Å². The first-order valence-electron chi connectivity index (χ1n) is 16.0. The highest BCUT2D eigenvalue weighted by molar-refractivity contribution is 7.99. The van der Waals surface area contributed by atoms with Gasteiger partial charge in [-0.1, -0.05) is 61.8 Å². The topological polar surface area (TPSA) is 95.7 Å². The fourth-order valence-corrected chi connectivity index (χ4v) is 8.32. The number of carbonyl (C=O) groups excluding carboxylic acids is 3. The second-order valence-electron chi connectivity index (χ2n) is 13.0. The molecule has 3 aromatic rings. The number of ether oxygens (including phenoxy) is 2. The number of ketones is 2. The van der Waals surface area contributed by atoms with Gasteiger partial charge in [-0.3, -0.25) is 9.59 Å². The number of fused-ring (bicyclic) bond motifs is 3. The Hall–Kier alpha value is -3.13. The molecule has 3 aliphatic carbocycles. The van der Waals surface area contributed by atoms with E-state index in [0.29, 0.717) is 57.1 Å². The summed E-state index contributed by atoms with van der Waals surface area (Å²) in [5.41, 5.74) is 8.87. The summed E-state index contributed by atoms with van der Waals surface area (Å²) < 4.78 is 12.3. The van der Waals surface area contributed by atoms with Crippen LogP contribution >= 0.6 is 23.4 Å². The number of halogens is 1.